The van der Waals surface area contributed by atoms with Crippen LogP contribution in [0.3, 0.4) is 0 Å². The first-order valence-electron chi connectivity index (χ1n) is 8.30. The highest BCUT2D eigenvalue weighted by atomic mass is 35.5. The van der Waals surface area contributed by atoms with Crippen LogP contribution in [-0.4, -0.2) is 36.2 Å². The maximum absolute atomic E-state index is 12.1. The molecule has 1 atom stereocenters. The number of hydrogen-bond donors (Lipinski definition) is 1. The van der Waals surface area contributed by atoms with Gasteiger partial charge in [0, 0.05) is 29.2 Å². The van der Waals surface area contributed by atoms with E-state index in [-0.39, 0.29) is 12.1 Å². The first kappa shape index (κ1) is 21.1. The molecule has 6 heteroatoms. The molecule has 4 nitrogen and oxygen atoms in total. The van der Waals surface area contributed by atoms with Crippen molar-refractivity contribution >= 4 is 29.3 Å². The van der Waals surface area contributed by atoms with Crippen LogP contribution >= 0.6 is 23.2 Å². The van der Waals surface area contributed by atoms with Crippen molar-refractivity contribution in [3.05, 3.63) is 33.8 Å². The highest BCUT2D eigenvalue weighted by Crippen LogP contribution is 2.26. The monoisotopic (exact) mass is 374 g/mol. The lowest BCUT2D eigenvalue weighted by Gasteiger charge is -2.26. The molecule has 0 aromatic heterocycles. The normalized spacial score (nSPS) is 12.8. The molecule has 0 saturated heterocycles. The topological polar surface area (TPSA) is 41.6 Å². The van der Waals surface area contributed by atoms with Crippen LogP contribution in [0.4, 0.5) is 4.79 Å². The molecule has 1 aromatic rings. The van der Waals surface area contributed by atoms with Crippen LogP contribution in [0.1, 0.15) is 52.6 Å². The summed E-state index contributed by atoms with van der Waals surface area (Å²) in [4.78, 5) is 13.8. The van der Waals surface area contributed by atoms with E-state index < -0.39 is 5.60 Å². The zero-order valence-electron chi connectivity index (χ0n) is 15.2. The number of halogens is 2. The van der Waals surface area contributed by atoms with Crippen molar-refractivity contribution in [2.24, 2.45) is 0 Å². The summed E-state index contributed by atoms with van der Waals surface area (Å²) in [6.07, 6.45) is 0.561. The Kier molecular flexibility index (Phi) is 8.34. The number of ether oxygens (including phenoxy) is 1. The molecule has 0 spiro atoms. The summed E-state index contributed by atoms with van der Waals surface area (Å²) in [5, 5.41) is 4.78. The second-order valence-corrected chi connectivity index (χ2v) is 7.60. The molecule has 1 N–H and O–H groups in total. The maximum atomic E-state index is 12.1. The van der Waals surface area contributed by atoms with Crippen LogP contribution < -0.4 is 5.32 Å². The van der Waals surface area contributed by atoms with Crippen molar-refractivity contribution in [3.8, 4) is 0 Å². The average molecular weight is 375 g/mol. The lowest BCUT2D eigenvalue weighted by molar-refractivity contribution is 0.0258. The van der Waals surface area contributed by atoms with Gasteiger partial charge in [-0.15, -0.1) is 0 Å². The van der Waals surface area contributed by atoms with E-state index in [0.717, 1.165) is 18.5 Å². The van der Waals surface area contributed by atoms with Crippen molar-refractivity contribution in [3.63, 3.8) is 0 Å². The number of rotatable bonds is 7. The second kappa shape index (κ2) is 9.50. The van der Waals surface area contributed by atoms with Gasteiger partial charge in [-0.05, 0) is 71.3 Å². The second-order valence-electron chi connectivity index (χ2n) is 6.76. The standard InChI is InChI=1S/C18H28Cl2N2O2/c1-6-22(17(23)24-18(3,4)5)11-7-10-21-13(2)15-12-14(19)8-9-16(15)20/h8-9,12-13,21H,6-7,10-11H2,1-5H3. The SMILES string of the molecule is CCN(CCCNC(C)c1cc(Cl)ccc1Cl)C(=O)OC(C)(C)C. The Morgan fingerprint density at radius 2 is 2.00 bits per heavy atom. The maximum Gasteiger partial charge on any atom is 0.410 e. The van der Waals surface area contributed by atoms with Crippen molar-refractivity contribution < 1.29 is 9.53 Å². The summed E-state index contributed by atoms with van der Waals surface area (Å²) in [5.74, 6) is 0. The number of hydrogen-bond acceptors (Lipinski definition) is 3. The Labute approximate surface area is 155 Å². The van der Waals surface area contributed by atoms with Gasteiger partial charge in [-0.1, -0.05) is 23.2 Å². The number of carbonyl (C=O) groups is 1. The van der Waals surface area contributed by atoms with Crippen LogP contribution in [0.15, 0.2) is 18.2 Å². The van der Waals surface area contributed by atoms with Gasteiger partial charge in [0.05, 0.1) is 0 Å². The minimum Gasteiger partial charge on any atom is -0.444 e. The highest BCUT2D eigenvalue weighted by Gasteiger charge is 2.20. The van der Waals surface area contributed by atoms with Crippen LogP contribution in [0, 0.1) is 0 Å². The molecule has 1 unspecified atom stereocenters. The van der Waals surface area contributed by atoms with Gasteiger partial charge < -0.3 is 15.0 Å². The number of carbonyl (C=O) groups excluding carboxylic acids is 1. The molecular formula is C18H28Cl2N2O2. The summed E-state index contributed by atoms with van der Waals surface area (Å²) in [6, 6.07) is 5.55. The lowest BCUT2D eigenvalue weighted by Crippen LogP contribution is -2.38. The number of nitrogens with one attached hydrogen (secondary N) is 1. The third kappa shape index (κ3) is 7.29. The van der Waals surface area contributed by atoms with E-state index in [4.69, 9.17) is 27.9 Å². The molecule has 1 aromatic carbocycles. The zero-order chi connectivity index (χ0) is 18.3. The molecule has 0 aliphatic heterocycles. The van der Waals surface area contributed by atoms with E-state index in [1.165, 1.54) is 0 Å². The summed E-state index contributed by atoms with van der Waals surface area (Å²) in [6.45, 7) is 11.7. The first-order chi connectivity index (χ1) is 11.1. The third-order valence-electron chi connectivity index (χ3n) is 3.51. The lowest BCUT2D eigenvalue weighted by atomic mass is 10.1. The highest BCUT2D eigenvalue weighted by molar-refractivity contribution is 6.33. The molecule has 0 aliphatic carbocycles. The van der Waals surface area contributed by atoms with Gasteiger partial charge in [0.2, 0.25) is 0 Å². The molecule has 0 aliphatic rings. The number of benzene rings is 1. The predicted octanol–water partition coefficient (Wildman–Crippen LogP) is 5.29. The van der Waals surface area contributed by atoms with Crippen molar-refractivity contribution in [1.82, 2.24) is 10.2 Å². The Morgan fingerprint density at radius 1 is 1.33 bits per heavy atom. The largest absolute Gasteiger partial charge is 0.444 e. The molecule has 1 amide bonds. The Balaban J connectivity index is 2.43. The van der Waals surface area contributed by atoms with Gasteiger partial charge in [0.15, 0.2) is 0 Å². The summed E-state index contributed by atoms with van der Waals surface area (Å²) in [5.41, 5.74) is 0.504. The molecule has 24 heavy (non-hydrogen) atoms. The first-order valence-corrected chi connectivity index (χ1v) is 9.06. The van der Waals surface area contributed by atoms with E-state index in [1.54, 1.807) is 17.0 Å². The van der Waals surface area contributed by atoms with E-state index in [2.05, 4.69) is 5.32 Å². The van der Waals surface area contributed by atoms with Gasteiger partial charge >= 0.3 is 6.09 Å². The zero-order valence-corrected chi connectivity index (χ0v) is 16.7. The Hall–Kier alpha value is -0.970. The van der Waals surface area contributed by atoms with Gasteiger partial charge in [-0.25, -0.2) is 4.79 Å². The number of nitrogens with zero attached hydrogens (tertiary/aromatic N) is 1. The fourth-order valence-electron chi connectivity index (χ4n) is 2.25. The van der Waals surface area contributed by atoms with Crippen LogP contribution in [0.25, 0.3) is 0 Å². The molecule has 0 fully saturated rings. The molecule has 0 radical (unpaired) electrons. The van der Waals surface area contributed by atoms with Crippen molar-refractivity contribution in [2.45, 2.75) is 52.7 Å². The van der Waals surface area contributed by atoms with Gasteiger partial charge in [-0.3, -0.25) is 0 Å². The van der Waals surface area contributed by atoms with E-state index in [9.17, 15) is 4.79 Å². The van der Waals surface area contributed by atoms with Crippen LogP contribution in [0.5, 0.6) is 0 Å². The molecule has 1 rings (SSSR count). The average Bonchev–Trinajstić information content (AvgIpc) is 2.47. The quantitative estimate of drug-likeness (QED) is 0.659. The van der Waals surface area contributed by atoms with E-state index in [1.807, 2.05) is 40.7 Å². The van der Waals surface area contributed by atoms with E-state index >= 15 is 0 Å². The number of amides is 1. The molecule has 0 bridgehead atoms. The summed E-state index contributed by atoms with van der Waals surface area (Å²) < 4.78 is 5.40. The van der Waals surface area contributed by atoms with Crippen molar-refractivity contribution in [1.29, 1.82) is 0 Å². The van der Waals surface area contributed by atoms with Gasteiger partial charge in [-0.2, -0.15) is 0 Å². The summed E-state index contributed by atoms with van der Waals surface area (Å²) >= 11 is 12.2. The Morgan fingerprint density at radius 3 is 2.58 bits per heavy atom. The predicted molar refractivity (Wildman–Crippen MR) is 101 cm³/mol. The molecule has 0 saturated carbocycles. The minimum atomic E-state index is -0.472. The third-order valence-corrected chi connectivity index (χ3v) is 4.09. The molecule has 136 valence electrons. The molecular weight excluding hydrogens is 347 g/mol. The van der Waals surface area contributed by atoms with Crippen molar-refractivity contribution in [2.75, 3.05) is 19.6 Å². The fourth-order valence-corrected chi connectivity index (χ4v) is 2.71. The van der Waals surface area contributed by atoms with Crippen LogP contribution in [0.2, 0.25) is 10.0 Å². The van der Waals surface area contributed by atoms with Gasteiger partial charge in [0.25, 0.3) is 0 Å². The van der Waals surface area contributed by atoms with Gasteiger partial charge in [0.1, 0.15) is 5.60 Å². The van der Waals surface area contributed by atoms with Crippen LogP contribution in [-0.2, 0) is 4.74 Å². The Bertz CT molecular complexity index is 544. The minimum absolute atomic E-state index is 0.0906. The fraction of sp³-hybridized carbons (Fsp3) is 0.611. The van der Waals surface area contributed by atoms with E-state index in [0.29, 0.717) is 23.1 Å². The summed E-state index contributed by atoms with van der Waals surface area (Å²) in [7, 11) is 0. The smallest absolute Gasteiger partial charge is 0.410 e. The molecule has 0 heterocycles.